The molecule has 0 spiro atoms. The third kappa shape index (κ3) is 6.83. The lowest BCUT2D eigenvalue weighted by Crippen LogP contribution is -2.40. The van der Waals surface area contributed by atoms with Gasteiger partial charge in [-0.15, -0.1) is 10.2 Å². The molecule has 1 saturated heterocycles. The van der Waals surface area contributed by atoms with Crippen LogP contribution in [-0.2, 0) is 44.5 Å². The summed E-state index contributed by atoms with van der Waals surface area (Å²) >= 11 is 0. The maximum absolute atomic E-state index is 13.0. The average molecular weight is 584 g/mol. The number of amides is 1. The minimum absolute atomic E-state index is 0.116. The number of carbonyl (C=O) groups excluding carboxylic acids is 4. The number of azo groups is 1. The molecule has 0 bridgehead atoms. The van der Waals surface area contributed by atoms with E-state index in [0.29, 0.717) is 5.69 Å². The molecule has 1 amide bonds. The number of hydrogen-bond acceptors (Lipinski definition) is 13. The normalized spacial score (nSPS) is 20.0. The number of H-pyrrole nitrogens is 1. The monoisotopic (exact) mass is 583 g/mol. The van der Waals surface area contributed by atoms with Gasteiger partial charge in [0.25, 0.3) is 11.5 Å². The number of rotatable bonds is 9. The van der Waals surface area contributed by atoms with Crippen molar-refractivity contribution in [3.63, 3.8) is 0 Å². The Morgan fingerprint density at radius 1 is 0.976 bits per heavy atom. The third-order valence-corrected chi connectivity index (χ3v) is 6.02. The molecule has 2 N–H and O–H groups in total. The molecule has 222 valence electrons. The molecule has 42 heavy (non-hydrogen) atoms. The van der Waals surface area contributed by atoms with Gasteiger partial charge in [0, 0.05) is 27.7 Å². The number of nitrogens with one attached hydrogen (secondary N) is 2. The summed E-state index contributed by atoms with van der Waals surface area (Å²) in [6.07, 6.45) is -4.19. The first-order chi connectivity index (χ1) is 20.0. The molecule has 4 atom stereocenters. The standard InChI is InChI=1S/C26H29N7O9/c1-6-16-7-9-17(10-8-16)31-32-26-28-19-22(29-25(27-12(2)34)30-23(19)38)33(26)24-21(41-15(5)37)20(40-14(4)36)18(42-24)11-39-13(3)35/h7-10,18,20-21,24H,6,11H2,1-5H3,(H2,27,29,30,34,38)/t18-,20?,21+,24-/m1/s1. The Bertz CT molecular complexity index is 1600. The van der Waals surface area contributed by atoms with E-state index in [0.717, 1.165) is 25.8 Å². The van der Waals surface area contributed by atoms with Crippen molar-refractivity contribution in [2.75, 3.05) is 11.9 Å². The molecule has 1 aliphatic heterocycles. The molecule has 2 aromatic heterocycles. The van der Waals surface area contributed by atoms with E-state index in [1.54, 1.807) is 12.1 Å². The van der Waals surface area contributed by atoms with E-state index in [9.17, 15) is 24.0 Å². The van der Waals surface area contributed by atoms with Crippen LogP contribution in [0.15, 0.2) is 39.3 Å². The summed E-state index contributed by atoms with van der Waals surface area (Å²) < 4.78 is 23.4. The molecule has 1 fully saturated rings. The molecule has 0 aliphatic carbocycles. The number of carbonyl (C=O) groups is 4. The van der Waals surface area contributed by atoms with Crippen LogP contribution in [0, 0.1) is 0 Å². The minimum Gasteiger partial charge on any atom is -0.463 e. The fourth-order valence-corrected chi connectivity index (χ4v) is 4.30. The summed E-state index contributed by atoms with van der Waals surface area (Å²) in [6.45, 7) is 6.36. The molecule has 3 aromatic rings. The zero-order valence-electron chi connectivity index (χ0n) is 23.4. The molecule has 16 heteroatoms. The van der Waals surface area contributed by atoms with Crippen LogP contribution in [0.4, 0.5) is 17.6 Å². The zero-order chi connectivity index (χ0) is 30.6. The van der Waals surface area contributed by atoms with Gasteiger partial charge >= 0.3 is 17.9 Å². The Kier molecular flexibility index (Phi) is 9.05. The van der Waals surface area contributed by atoms with Gasteiger partial charge in [-0.05, 0) is 24.1 Å². The maximum atomic E-state index is 13.0. The number of nitrogens with zero attached hydrogens (tertiary/aromatic N) is 5. The Morgan fingerprint density at radius 3 is 2.24 bits per heavy atom. The number of ether oxygens (including phenoxy) is 4. The van der Waals surface area contributed by atoms with E-state index in [1.165, 1.54) is 18.4 Å². The molecule has 16 nitrogen and oxygen atoms in total. The predicted octanol–water partition coefficient (Wildman–Crippen LogP) is 2.38. The molecular weight excluding hydrogens is 554 g/mol. The van der Waals surface area contributed by atoms with Crippen LogP contribution in [-0.4, -0.2) is 68.3 Å². The Morgan fingerprint density at radius 2 is 1.64 bits per heavy atom. The van der Waals surface area contributed by atoms with Crippen molar-refractivity contribution in [1.29, 1.82) is 0 Å². The van der Waals surface area contributed by atoms with E-state index in [4.69, 9.17) is 18.9 Å². The molecule has 1 aliphatic rings. The van der Waals surface area contributed by atoms with Crippen molar-refractivity contribution in [2.24, 2.45) is 10.2 Å². The lowest BCUT2D eigenvalue weighted by molar-refractivity contribution is -0.166. The van der Waals surface area contributed by atoms with Crippen molar-refractivity contribution in [2.45, 2.75) is 65.6 Å². The van der Waals surface area contributed by atoms with Crippen molar-refractivity contribution in [3.05, 3.63) is 40.2 Å². The van der Waals surface area contributed by atoms with Gasteiger partial charge in [-0.3, -0.25) is 38.8 Å². The number of aromatic amines is 1. The molecular formula is C26H29N7O9. The summed E-state index contributed by atoms with van der Waals surface area (Å²) in [5, 5.41) is 10.9. The van der Waals surface area contributed by atoms with Crippen molar-refractivity contribution in [1.82, 2.24) is 19.5 Å². The quantitative estimate of drug-likeness (QED) is 0.212. The number of hydrogen-bond donors (Lipinski definition) is 2. The van der Waals surface area contributed by atoms with Gasteiger partial charge in [-0.1, -0.05) is 19.1 Å². The van der Waals surface area contributed by atoms with E-state index in [-0.39, 0.29) is 29.7 Å². The molecule has 0 radical (unpaired) electrons. The van der Waals surface area contributed by atoms with Crippen molar-refractivity contribution < 1.29 is 38.1 Å². The Hall–Kier alpha value is -4.99. The first kappa shape index (κ1) is 30.0. The third-order valence-electron chi connectivity index (χ3n) is 6.02. The number of benzene rings is 1. The fraction of sp³-hybridized carbons (Fsp3) is 0.423. The Labute approximate surface area is 238 Å². The highest BCUT2D eigenvalue weighted by atomic mass is 16.7. The SMILES string of the molecule is CCc1ccc(N=Nc2nc3c(=O)[nH]c(NC(C)=O)nc3n2[C@@H]2O[C@H](COC(C)=O)C(OC(C)=O)[C@@H]2OC(C)=O)cc1. The van der Waals surface area contributed by atoms with E-state index >= 15 is 0 Å². The molecule has 3 heterocycles. The van der Waals surface area contributed by atoms with Crippen molar-refractivity contribution in [3.8, 4) is 0 Å². The summed E-state index contributed by atoms with van der Waals surface area (Å²) in [7, 11) is 0. The average Bonchev–Trinajstić information content (AvgIpc) is 3.43. The molecule has 1 aromatic carbocycles. The van der Waals surface area contributed by atoms with Crippen LogP contribution in [0.25, 0.3) is 11.2 Å². The van der Waals surface area contributed by atoms with Crippen LogP contribution in [0.3, 0.4) is 0 Å². The fourth-order valence-electron chi connectivity index (χ4n) is 4.30. The topological polar surface area (TPSA) is 206 Å². The summed E-state index contributed by atoms with van der Waals surface area (Å²) in [5.41, 5.74) is 0.523. The molecule has 0 saturated carbocycles. The number of anilines is 1. The van der Waals surface area contributed by atoms with E-state index in [2.05, 4.69) is 30.5 Å². The highest BCUT2D eigenvalue weighted by Crippen LogP contribution is 2.39. The lowest BCUT2D eigenvalue weighted by Gasteiger charge is -2.24. The predicted molar refractivity (Wildman–Crippen MR) is 144 cm³/mol. The highest BCUT2D eigenvalue weighted by Gasteiger charge is 2.52. The van der Waals surface area contributed by atoms with Crippen LogP contribution in [0.1, 0.15) is 46.4 Å². The first-order valence-corrected chi connectivity index (χ1v) is 12.9. The lowest BCUT2D eigenvalue weighted by atomic mass is 10.1. The largest absolute Gasteiger partial charge is 0.463 e. The van der Waals surface area contributed by atoms with E-state index in [1.807, 2.05) is 19.1 Å². The molecule has 1 unspecified atom stereocenters. The van der Waals surface area contributed by atoms with Gasteiger partial charge in [0.05, 0.1) is 5.69 Å². The number of fused-ring (bicyclic) bond motifs is 1. The van der Waals surface area contributed by atoms with Crippen LogP contribution >= 0.6 is 0 Å². The smallest absolute Gasteiger partial charge is 0.303 e. The summed E-state index contributed by atoms with van der Waals surface area (Å²) in [6, 6.07) is 7.25. The second-order valence-electron chi connectivity index (χ2n) is 9.29. The second-order valence-corrected chi connectivity index (χ2v) is 9.29. The molecule has 4 rings (SSSR count). The van der Waals surface area contributed by atoms with E-state index < -0.39 is 53.9 Å². The first-order valence-electron chi connectivity index (χ1n) is 12.9. The zero-order valence-corrected chi connectivity index (χ0v) is 23.4. The number of aryl methyl sites for hydroxylation is 1. The maximum Gasteiger partial charge on any atom is 0.303 e. The van der Waals surface area contributed by atoms with Crippen LogP contribution in [0.2, 0.25) is 0 Å². The van der Waals surface area contributed by atoms with Gasteiger partial charge in [-0.25, -0.2) is 4.98 Å². The van der Waals surface area contributed by atoms with Gasteiger partial charge in [0.2, 0.25) is 11.9 Å². The van der Waals surface area contributed by atoms with Crippen molar-refractivity contribution >= 4 is 52.6 Å². The highest BCUT2D eigenvalue weighted by molar-refractivity contribution is 5.87. The second kappa shape index (κ2) is 12.7. The summed E-state index contributed by atoms with van der Waals surface area (Å²) in [5.74, 6) is -2.98. The van der Waals surface area contributed by atoms with Gasteiger partial charge in [0.1, 0.15) is 12.7 Å². The van der Waals surface area contributed by atoms with Gasteiger partial charge < -0.3 is 18.9 Å². The van der Waals surface area contributed by atoms with Crippen LogP contribution in [0.5, 0.6) is 0 Å². The van der Waals surface area contributed by atoms with Gasteiger partial charge in [0.15, 0.2) is 29.6 Å². The van der Waals surface area contributed by atoms with Crippen LogP contribution < -0.4 is 10.9 Å². The number of imidazole rings is 1. The minimum atomic E-state index is -1.35. The number of aromatic nitrogens is 4. The Balaban J connectivity index is 1.90. The van der Waals surface area contributed by atoms with Gasteiger partial charge in [-0.2, -0.15) is 4.98 Å². The summed E-state index contributed by atoms with van der Waals surface area (Å²) in [4.78, 5) is 71.4. The number of esters is 3.